The van der Waals surface area contributed by atoms with Crippen LogP contribution in [0.3, 0.4) is 0 Å². The van der Waals surface area contributed by atoms with Gasteiger partial charge in [0.15, 0.2) is 5.78 Å². The third-order valence-corrected chi connectivity index (χ3v) is 2.66. The van der Waals surface area contributed by atoms with E-state index in [2.05, 4.69) is 0 Å². The summed E-state index contributed by atoms with van der Waals surface area (Å²) < 4.78 is 5.65. The number of Topliss-reactive ketones (excluding diaryl/α,β-unsaturated/α-hetero) is 1. The number of ether oxygens (including phenoxy) is 1. The van der Waals surface area contributed by atoms with Crippen molar-refractivity contribution in [2.45, 2.75) is 40.2 Å². The molecule has 0 spiro atoms. The van der Waals surface area contributed by atoms with Gasteiger partial charge in [-0.15, -0.1) is 0 Å². The number of aryl methyl sites for hydroxylation is 2. The third kappa shape index (κ3) is 2.92. The molecule has 0 bridgehead atoms. The standard InChI is InChI=1S/C14H20O2/c1-5-9-16-14(12(4)15)13-10(2)7-6-8-11(13)3/h6-8,14H,5,9H2,1-4H3. The summed E-state index contributed by atoms with van der Waals surface area (Å²) >= 11 is 0. The van der Waals surface area contributed by atoms with Crippen LogP contribution in [0.5, 0.6) is 0 Å². The van der Waals surface area contributed by atoms with Gasteiger partial charge in [0.05, 0.1) is 0 Å². The van der Waals surface area contributed by atoms with Crippen LogP contribution in [-0.2, 0) is 9.53 Å². The van der Waals surface area contributed by atoms with Crippen LogP contribution in [0.15, 0.2) is 18.2 Å². The highest BCUT2D eigenvalue weighted by molar-refractivity contribution is 5.82. The second-order valence-electron chi connectivity index (χ2n) is 4.17. The molecule has 0 saturated heterocycles. The molecule has 1 aromatic rings. The van der Waals surface area contributed by atoms with Gasteiger partial charge in [0.25, 0.3) is 0 Å². The Bertz CT molecular complexity index is 349. The van der Waals surface area contributed by atoms with Gasteiger partial charge in [-0.1, -0.05) is 25.1 Å². The summed E-state index contributed by atoms with van der Waals surface area (Å²) in [5.41, 5.74) is 3.27. The number of rotatable bonds is 5. The van der Waals surface area contributed by atoms with Crippen LogP contribution in [-0.4, -0.2) is 12.4 Å². The number of carbonyl (C=O) groups excluding carboxylic acids is 1. The van der Waals surface area contributed by atoms with E-state index in [4.69, 9.17) is 4.74 Å². The molecule has 1 aromatic carbocycles. The summed E-state index contributed by atoms with van der Waals surface area (Å²) in [5.74, 6) is 0.0749. The van der Waals surface area contributed by atoms with Crippen LogP contribution < -0.4 is 0 Å². The molecule has 0 saturated carbocycles. The molecule has 0 aliphatic carbocycles. The van der Waals surface area contributed by atoms with Gasteiger partial charge in [0.2, 0.25) is 0 Å². The SMILES string of the molecule is CCCOC(C(C)=O)c1c(C)cccc1C. The Labute approximate surface area is 97.6 Å². The fraction of sp³-hybridized carbons (Fsp3) is 0.500. The minimum atomic E-state index is -0.402. The first-order valence-corrected chi connectivity index (χ1v) is 5.76. The minimum Gasteiger partial charge on any atom is -0.366 e. The lowest BCUT2D eigenvalue weighted by Crippen LogP contribution is -2.16. The minimum absolute atomic E-state index is 0.0749. The van der Waals surface area contributed by atoms with Gasteiger partial charge >= 0.3 is 0 Å². The smallest absolute Gasteiger partial charge is 0.163 e. The van der Waals surface area contributed by atoms with Gasteiger partial charge in [-0.3, -0.25) is 4.79 Å². The summed E-state index contributed by atoms with van der Waals surface area (Å²) in [4.78, 5) is 11.6. The third-order valence-electron chi connectivity index (χ3n) is 2.66. The van der Waals surface area contributed by atoms with Crippen molar-refractivity contribution in [1.29, 1.82) is 0 Å². The summed E-state index contributed by atoms with van der Waals surface area (Å²) in [6.45, 7) is 8.30. The first-order chi connectivity index (χ1) is 7.57. The molecule has 1 atom stereocenters. The van der Waals surface area contributed by atoms with Crippen molar-refractivity contribution in [3.63, 3.8) is 0 Å². The predicted octanol–water partition coefficient (Wildman–Crippen LogP) is 3.36. The lowest BCUT2D eigenvalue weighted by molar-refractivity contribution is -0.128. The second kappa shape index (κ2) is 5.80. The predicted molar refractivity (Wildman–Crippen MR) is 65.6 cm³/mol. The molecule has 0 heterocycles. The summed E-state index contributed by atoms with van der Waals surface area (Å²) in [7, 11) is 0. The fourth-order valence-electron chi connectivity index (χ4n) is 1.88. The molecule has 2 nitrogen and oxygen atoms in total. The molecule has 0 N–H and O–H groups in total. The van der Waals surface area contributed by atoms with E-state index in [9.17, 15) is 4.79 Å². The molecule has 1 rings (SSSR count). The van der Waals surface area contributed by atoms with E-state index in [-0.39, 0.29) is 5.78 Å². The zero-order valence-corrected chi connectivity index (χ0v) is 10.5. The maximum atomic E-state index is 11.6. The molecule has 16 heavy (non-hydrogen) atoms. The summed E-state index contributed by atoms with van der Waals surface area (Å²) in [5, 5.41) is 0. The highest BCUT2D eigenvalue weighted by Crippen LogP contribution is 2.25. The Balaban J connectivity index is 3.05. The van der Waals surface area contributed by atoms with Gasteiger partial charge in [-0.25, -0.2) is 0 Å². The van der Waals surface area contributed by atoms with E-state index in [1.165, 1.54) is 0 Å². The molecule has 0 amide bonds. The van der Waals surface area contributed by atoms with E-state index >= 15 is 0 Å². The van der Waals surface area contributed by atoms with Gasteiger partial charge in [0, 0.05) is 6.61 Å². The molecule has 1 unspecified atom stereocenters. The number of hydrogen-bond donors (Lipinski definition) is 0. The Morgan fingerprint density at radius 3 is 2.31 bits per heavy atom. The fourth-order valence-corrected chi connectivity index (χ4v) is 1.88. The van der Waals surface area contributed by atoms with Gasteiger partial charge in [0.1, 0.15) is 6.10 Å². The largest absolute Gasteiger partial charge is 0.366 e. The maximum Gasteiger partial charge on any atom is 0.163 e. The number of carbonyl (C=O) groups is 1. The van der Waals surface area contributed by atoms with E-state index in [1.54, 1.807) is 6.92 Å². The molecular formula is C14H20O2. The van der Waals surface area contributed by atoms with Crippen LogP contribution >= 0.6 is 0 Å². The molecule has 0 radical (unpaired) electrons. The van der Waals surface area contributed by atoms with E-state index in [0.29, 0.717) is 6.61 Å². The quantitative estimate of drug-likeness (QED) is 0.760. The van der Waals surface area contributed by atoms with Crippen molar-refractivity contribution in [3.8, 4) is 0 Å². The highest BCUT2D eigenvalue weighted by Gasteiger charge is 2.20. The Morgan fingerprint density at radius 1 is 1.31 bits per heavy atom. The van der Waals surface area contributed by atoms with Crippen molar-refractivity contribution in [2.24, 2.45) is 0 Å². The molecule has 88 valence electrons. The average Bonchev–Trinajstić information content (AvgIpc) is 2.21. The van der Waals surface area contributed by atoms with Crippen LogP contribution in [0.2, 0.25) is 0 Å². The van der Waals surface area contributed by atoms with E-state index in [0.717, 1.165) is 23.1 Å². The molecule has 0 fully saturated rings. The number of benzene rings is 1. The van der Waals surface area contributed by atoms with Crippen LogP contribution in [0.1, 0.15) is 43.1 Å². The van der Waals surface area contributed by atoms with Crippen molar-refractivity contribution in [3.05, 3.63) is 34.9 Å². The van der Waals surface area contributed by atoms with Crippen LogP contribution in [0, 0.1) is 13.8 Å². The van der Waals surface area contributed by atoms with Gasteiger partial charge in [-0.05, 0) is 43.9 Å². The molecular weight excluding hydrogens is 200 g/mol. The zero-order valence-electron chi connectivity index (χ0n) is 10.5. The summed E-state index contributed by atoms with van der Waals surface area (Å²) in [6.07, 6.45) is 0.524. The first kappa shape index (κ1) is 12.9. The lowest BCUT2D eigenvalue weighted by Gasteiger charge is -2.19. The lowest BCUT2D eigenvalue weighted by atomic mass is 9.96. The zero-order chi connectivity index (χ0) is 12.1. The Morgan fingerprint density at radius 2 is 1.88 bits per heavy atom. The molecule has 0 aliphatic heterocycles. The van der Waals surface area contributed by atoms with Crippen LogP contribution in [0.25, 0.3) is 0 Å². The Kier molecular flexibility index (Phi) is 4.69. The normalized spacial score (nSPS) is 12.5. The molecule has 0 aliphatic rings. The number of hydrogen-bond acceptors (Lipinski definition) is 2. The molecule has 0 aromatic heterocycles. The molecule has 2 heteroatoms. The van der Waals surface area contributed by atoms with Crippen LogP contribution in [0.4, 0.5) is 0 Å². The average molecular weight is 220 g/mol. The van der Waals surface area contributed by atoms with Crippen molar-refractivity contribution < 1.29 is 9.53 Å². The monoisotopic (exact) mass is 220 g/mol. The maximum absolute atomic E-state index is 11.6. The first-order valence-electron chi connectivity index (χ1n) is 5.76. The van der Waals surface area contributed by atoms with Crippen molar-refractivity contribution in [2.75, 3.05) is 6.61 Å². The van der Waals surface area contributed by atoms with Gasteiger partial charge in [-0.2, -0.15) is 0 Å². The number of ketones is 1. The van der Waals surface area contributed by atoms with Crippen molar-refractivity contribution in [1.82, 2.24) is 0 Å². The van der Waals surface area contributed by atoms with E-state index < -0.39 is 6.10 Å². The topological polar surface area (TPSA) is 26.3 Å². The summed E-state index contributed by atoms with van der Waals surface area (Å²) in [6, 6.07) is 6.05. The second-order valence-corrected chi connectivity index (χ2v) is 4.17. The van der Waals surface area contributed by atoms with E-state index in [1.807, 2.05) is 39.0 Å². The van der Waals surface area contributed by atoms with Crippen molar-refractivity contribution >= 4 is 5.78 Å². The highest BCUT2D eigenvalue weighted by atomic mass is 16.5. The Hall–Kier alpha value is -1.15. The van der Waals surface area contributed by atoms with Gasteiger partial charge < -0.3 is 4.74 Å².